The van der Waals surface area contributed by atoms with Gasteiger partial charge in [0.2, 0.25) is 0 Å². The van der Waals surface area contributed by atoms with Gasteiger partial charge in [-0.25, -0.2) is 4.98 Å². The highest BCUT2D eigenvalue weighted by atomic mass is 32.1. The predicted molar refractivity (Wildman–Crippen MR) is 59.4 cm³/mol. The third-order valence-corrected chi connectivity index (χ3v) is 2.84. The van der Waals surface area contributed by atoms with Crippen LogP contribution >= 0.6 is 11.5 Å². The lowest BCUT2D eigenvalue weighted by Crippen LogP contribution is -2.30. The third kappa shape index (κ3) is 2.23. The second kappa shape index (κ2) is 5.10. The summed E-state index contributed by atoms with van der Waals surface area (Å²) in [6, 6.07) is -0.0757. The van der Waals surface area contributed by atoms with Crippen LogP contribution in [-0.2, 0) is 13.0 Å². The van der Waals surface area contributed by atoms with Gasteiger partial charge in [0, 0.05) is 18.3 Å². The fourth-order valence-electron chi connectivity index (χ4n) is 1.47. The zero-order valence-corrected chi connectivity index (χ0v) is 9.68. The number of aryl methyl sites for hydroxylation is 1. The highest BCUT2D eigenvalue weighted by Crippen LogP contribution is 2.14. The standard InChI is InChI=1S/C8H13N7S/c1-2-15-8(10-5-11-15)3-6(12-9)7-4-16-14-13-7/h4-6,12H,2-3,9H2,1H3. The molecule has 0 spiro atoms. The van der Waals surface area contributed by atoms with Crippen LogP contribution in [0.4, 0.5) is 0 Å². The van der Waals surface area contributed by atoms with Crippen LogP contribution in [-0.4, -0.2) is 24.4 Å². The molecule has 16 heavy (non-hydrogen) atoms. The first-order valence-electron chi connectivity index (χ1n) is 4.95. The van der Waals surface area contributed by atoms with Crippen molar-refractivity contribution in [2.24, 2.45) is 5.84 Å². The van der Waals surface area contributed by atoms with E-state index in [9.17, 15) is 0 Å². The lowest BCUT2D eigenvalue weighted by Gasteiger charge is -2.12. The van der Waals surface area contributed by atoms with E-state index in [0.29, 0.717) is 6.42 Å². The Labute approximate surface area is 96.8 Å². The molecular weight excluding hydrogens is 226 g/mol. The first-order valence-corrected chi connectivity index (χ1v) is 5.78. The summed E-state index contributed by atoms with van der Waals surface area (Å²) < 4.78 is 5.65. The molecule has 2 heterocycles. The zero-order chi connectivity index (χ0) is 11.4. The van der Waals surface area contributed by atoms with Gasteiger partial charge in [-0.1, -0.05) is 4.49 Å². The molecule has 0 aromatic carbocycles. The van der Waals surface area contributed by atoms with Crippen molar-refractivity contribution in [3.05, 3.63) is 23.2 Å². The molecular formula is C8H13N7S. The average Bonchev–Trinajstić information content (AvgIpc) is 2.96. The number of rotatable bonds is 5. The number of nitrogens with one attached hydrogen (secondary N) is 1. The van der Waals surface area contributed by atoms with E-state index in [-0.39, 0.29) is 6.04 Å². The molecule has 8 heteroatoms. The number of aromatic nitrogens is 5. The maximum absolute atomic E-state index is 5.50. The molecule has 0 saturated carbocycles. The van der Waals surface area contributed by atoms with Crippen molar-refractivity contribution < 1.29 is 0 Å². The Kier molecular flexibility index (Phi) is 3.54. The van der Waals surface area contributed by atoms with E-state index in [2.05, 4.69) is 25.1 Å². The topological polar surface area (TPSA) is 94.5 Å². The summed E-state index contributed by atoms with van der Waals surface area (Å²) in [5, 5.41) is 9.97. The molecule has 0 aliphatic carbocycles. The Morgan fingerprint density at radius 2 is 2.50 bits per heavy atom. The van der Waals surface area contributed by atoms with Gasteiger partial charge in [0.15, 0.2) is 0 Å². The summed E-state index contributed by atoms with van der Waals surface area (Å²) in [4.78, 5) is 4.20. The van der Waals surface area contributed by atoms with Gasteiger partial charge in [0.1, 0.15) is 12.2 Å². The minimum Gasteiger partial charge on any atom is -0.271 e. The van der Waals surface area contributed by atoms with Crippen molar-refractivity contribution in [1.29, 1.82) is 0 Å². The van der Waals surface area contributed by atoms with E-state index in [0.717, 1.165) is 18.1 Å². The second-order valence-electron chi connectivity index (χ2n) is 3.25. The van der Waals surface area contributed by atoms with Crippen molar-refractivity contribution in [3.63, 3.8) is 0 Å². The van der Waals surface area contributed by atoms with Crippen LogP contribution in [0.1, 0.15) is 24.5 Å². The molecule has 0 bridgehead atoms. The average molecular weight is 239 g/mol. The SMILES string of the molecule is CCn1ncnc1CC(NN)c1csnn1. The Morgan fingerprint density at radius 1 is 1.62 bits per heavy atom. The highest BCUT2D eigenvalue weighted by molar-refractivity contribution is 7.03. The Hall–Kier alpha value is -1.38. The summed E-state index contributed by atoms with van der Waals surface area (Å²) in [5.74, 6) is 6.39. The van der Waals surface area contributed by atoms with Crippen LogP contribution in [0.2, 0.25) is 0 Å². The second-order valence-corrected chi connectivity index (χ2v) is 3.86. The molecule has 0 fully saturated rings. The van der Waals surface area contributed by atoms with Crippen molar-refractivity contribution in [2.75, 3.05) is 0 Å². The number of hydrogen-bond acceptors (Lipinski definition) is 7. The Bertz CT molecular complexity index is 423. The normalized spacial score (nSPS) is 12.9. The van der Waals surface area contributed by atoms with E-state index in [4.69, 9.17) is 5.84 Å². The van der Waals surface area contributed by atoms with Crippen molar-refractivity contribution >= 4 is 11.5 Å². The van der Waals surface area contributed by atoms with Gasteiger partial charge in [0.05, 0.1) is 11.7 Å². The molecule has 1 atom stereocenters. The first-order chi connectivity index (χ1) is 7.85. The molecule has 7 nitrogen and oxygen atoms in total. The quantitative estimate of drug-likeness (QED) is 0.559. The van der Waals surface area contributed by atoms with Crippen LogP contribution in [0.5, 0.6) is 0 Å². The van der Waals surface area contributed by atoms with E-state index in [1.165, 1.54) is 11.5 Å². The van der Waals surface area contributed by atoms with Crippen LogP contribution in [0.3, 0.4) is 0 Å². The zero-order valence-electron chi connectivity index (χ0n) is 8.87. The summed E-state index contributed by atoms with van der Waals surface area (Å²) >= 11 is 1.31. The maximum atomic E-state index is 5.50. The minimum atomic E-state index is -0.0757. The minimum absolute atomic E-state index is 0.0757. The van der Waals surface area contributed by atoms with Crippen molar-refractivity contribution in [2.45, 2.75) is 25.9 Å². The fourth-order valence-corrected chi connectivity index (χ4v) is 1.97. The van der Waals surface area contributed by atoms with E-state index < -0.39 is 0 Å². The molecule has 0 aliphatic rings. The first kappa shape index (κ1) is 11.1. The van der Waals surface area contributed by atoms with E-state index >= 15 is 0 Å². The summed E-state index contributed by atoms with van der Waals surface area (Å²) in [7, 11) is 0. The van der Waals surface area contributed by atoms with Crippen LogP contribution < -0.4 is 11.3 Å². The molecule has 0 radical (unpaired) electrons. The number of hydrazine groups is 1. The van der Waals surface area contributed by atoms with Gasteiger partial charge in [-0.3, -0.25) is 16.0 Å². The lowest BCUT2D eigenvalue weighted by atomic mass is 10.1. The molecule has 0 aliphatic heterocycles. The van der Waals surface area contributed by atoms with Gasteiger partial charge in [-0.05, 0) is 18.5 Å². The van der Waals surface area contributed by atoms with Crippen molar-refractivity contribution in [1.82, 2.24) is 29.8 Å². The molecule has 0 amide bonds. The Balaban J connectivity index is 2.13. The van der Waals surface area contributed by atoms with Gasteiger partial charge in [0.25, 0.3) is 0 Å². The summed E-state index contributed by atoms with van der Waals surface area (Å²) in [6.45, 7) is 2.81. The summed E-state index contributed by atoms with van der Waals surface area (Å²) in [5.41, 5.74) is 3.55. The molecule has 3 N–H and O–H groups in total. The molecule has 1 unspecified atom stereocenters. The molecule has 0 saturated heterocycles. The molecule has 2 aromatic rings. The smallest absolute Gasteiger partial charge is 0.138 e. The van der Waals surface area contributed by atoms with E-state index in [1.54, 1.807) is 6.33 Å². The van der Waals surface area contributed by atoms with Gasteiger partial charge >= 0.3 is 0 Å². The van der Waals surface area contributed by atoms with Crippen LogP contribution in [0.25, 0.3) is 0 Å². The molecule has 2 rings (SSSR count). The lowest BCUT2D eigenvalue weighted by molar-refractivity contribution is 0.500. The Morgan fingerprint density at radius 3 is 3.12 bits per heavy atom. The maximum Gasteiger partial charge on any atom is 0.138 e. The number of nitrogens with two attached hydrogens (primary N) is 1. The predicted octanol–water partition coefficient (Wildman–Crippen LogP) is -0.103. The van der Waals surface area contributed by atoms with Crippen molar-refractivity contribution in [3.8, 4) is 0 Å². The van der Waals surface area contributed by atoms with Gasteiger partial charge in [-0.15, -0.1) is 5.10 Å². The monoisotopic (exact) mass is 239 g/mol. The molecule has 86 valence electrons. The summed E-state index contributed by atoms with van der Waals surface area (Å²) in [6.07, 6.45) is 2.20. The number of hydrogen-bond donors (Lipinski definition) is 2. The number of nitrogens with zero attached hydrogens (tertiary/aromatic N) is 5. The third-order valence-electron chi connectivity index (χ3n) is 2.32. The highest BCUT2D eigenvalue weighted by Gasteiger charge is 2.16. The largest absolute Gasteiger partial charge is 0.271 e. The molecule has 2 aromatic heterocycles. The van der Waals surface area contributed by atoms with E-state index in [1.807, 2.05) is 17.0 Å². The van der Waals surface area contributed by atoms with Gasteiger partial charge in [-0.2, -0.15) is 5.10 Å². The van der Waals surface area contributed by atoms with Crippen LogP contribution in [0.15, 0.2) is 11.7 Å². The van der Waals surface area contributed by atoms with Crippen LogP contribution in [0, 0.1) is 0 Å². The van der Waals surface area contributed by atoms with Gasteiger partial charge < -0.3 is 0 Å². The fraction of sp³-hybridized carbons (Fsp3) is 0.500.